The van der Waals surface area contributed by atoms with Gasteiger partial charge in [0.1, 0.15) is 17.3 Å². The second-order valence-electron chi connectivity index (χ2n) is 5.79. The summed E-state index contributed by atoms with van der Waals surface area (Å²) in [5.41, 5.74) is 7.57. The molecule has 0 aromatic heterocycles. The maximum Gasteiger partial charge on any atom is 0.213 e. The molecule has 0 fully saturated rings. The maximum atomic E-state index is 6.06. The van der Waals surface area contributed by atoms with Crippen LogP contribution in [0.25, 0.3) is 0 Å². The molecule has 22 heavy (non-hydrogen) atoms. The summed E-state index contributed by atoms with van der Waals surface area (Å²) >= 11 is 0. The lowest BCUT2D eigenvalue weighted by Crippen LogP contribution is -2.40. The Balaban J connectivity index is 1.81. The number of ether oxygens (including phenoxy) is 3. The first-order chi connectivity index (χ1) is 10.5. The maximum absolute atomic E-state index is 6.06. The molecular formula is C18H21NO3. The number of rotatable bonds is 3. The molecule has 0 saturated carbocycles. The summed E-state index contributed by atoms with van der Waals surface area (Å²) in [6, 6.07) is 7.34. The predicted octanol–water partition coefficient (Wildman–Crippen LogP) is 3.77. The van der Waals surface area contributed by atoms with Gasteiger partial charge in [0.25, 0.3) is 0 Å². The summed E-state index contributed by atoms with van der Waals surface area (Å²) < 4.78 is 17.4. The molecule has 0 bridgehead atoms. The smallest absolute Gasteiger partial charge is 0.213 e. The number of anilines is 1. The van der Waals surface area contributed by atoms with Crippen molar-refractivity contribution < 1.29 is 14.2 Å². The Hall–Kier alpha value is -2.20. The molecule has 1 aromatic rings. The van der Waals surface area contributed by atoms with Crippen LogP contribution in [0, 0.1) is 5.92 Å². The van der Waals surface area contributed by atoms with E-state index in [0.29, 0.717) is 5.69 Å². The van der Waals surface area contributed by atoms with E-state index in [9.17, 15) is 0 Å². The number of fused-ring (bicyclic) bond motifs is 1. The van der Waals surface area contributed by atoms with Gasteiger partial charge in [-0.1, -0.05) is 13.0 Å². The molecule has 1 aliphatic carbocycles. The number of benzene rings is 1. The van der Waals surface area contributed by atoms with Crippen LogP contribution in [0.3, 0.4) is 0 Å². The predicted molar refractivity (Wildman–Crippen MR) is 86.0 cm³/mol. The first-order valence-electron chi connectivity index (χ1n) is 7.40. The molecule has 1 aromatic carbocycles. The molecule has 2 atom stereocenters. The van der Waals surface area contributed by atoms with Gasteiger partial charge in [0.05, 0.1) is 0 Å². The molecular weight excluding hydrogens is 278 g/mol. The van der Waals surface area contributed by atoms with Gasteiger partial charge < -0.3 is 19.9 Å². The molecule has 116 valence electrons. The van der Waals surface area contributed by atoms with Crippen molar-refractivity contribution in [2.75, 3.05) is 12.8 Å². The molecule has 4 nitrogen and oxygen atoms in total. The molecule has 2 aliphatic rings. The van der Waals surface area contributed by atoms with Crippen LogP contribution in [0.2, 0.25) is 0 Å². The second kappa shape index (κ2) is 5.54. The zero-order chi connectivity index (χ0) is 15.7. The van der Waals surface area contributed by atoms with Gasteiger partial charge in [-0.3, -0.25) is 0 Å². The number of nitrogen functional groups attached to an aromatic ring is 1. The normalized spacial score (nSPS) is 27.0. The standard InChI is InChI=1S/C18H21NO3/c1-12-10-13-4-7-16(11-17(13)22-18(12,2)20-3)21-15-8-5-14(19)6-9-15/h5-12H,4,19H2,1-3H3. The molecule has 2 N–H and O–H groups in total. The fourth-order valence-corrected chi connectivity index (χ4v) is 2.57. The lowest BCUT2D eigenvalue weighted by Gasteiger charge is -2.39. The fraction of sp³-hybridized carbons (Fsp3) is 0.333. The van der Waals surface area contributed by atoms with Gasteiger partial charge >= 0.3 is 0 Å². The van der Waals surface area contributed by atoms with Crippen molar-refractivity contribution in [3.63, 3.8) is 0 Å². The monoisotopic (exact) mass is 299 g/mol. The Kier molecular flexibility index (Phi) is 3.71. The molecule has 1 aliphatic heterocycles. The highest BCUT2D eigenvalue weighted by molar-refractivity contribution is 5.44. The van der Waals surface area contributed by atoms with E-state index < -0.39 is 5.79 Å². The third-order valence-electron chi connectivity index (χ3n) is 4.23. The zero-order valence-electron chi connectivity index (χ0n) is 13.1. The van der Waals surface area contributed by atoms with Crippen LogP contribution < -0.4 is 10.5 Å². The van der Waals surface area contributed by atoms with E-state index >= 15 is 0 Å². The quantitative estimate of drug-likeness (QED) is 0.863. The van der Waals surface area contributed by atoms with Crippen molar-refractivity contribution in [1.29, 1.82) is 0 Å². The number of hydrogen-bond acceptors (Lipinski definition) is 4. The highest BCUT2D eigenvalue weighted by Crippen LogP contribution is 2.39. The lowest BCUT2D eigenvalue weighted by atomic mass is 9.91. The number of methoxy groups -OCH3 is 1. The SMILES string of the molecule is COC1(C)OC2=CC(Oc3ccc(N)cc3)=CCC2=CC1C. The van der Waals surface area contributed by atoms with Gasteiger partial charge in [-0.25, -0.2) is 0 Å². The summed E-state index contributed by atoms with van der Waals surface area (Å²) in [4.78, 5) is 0. The lowest BCUT2D eigenvalue weighted by molar-refractivity contribution is -0.210. The van der Waals surface area contributed by atoms with Crippen LogP contribution in [0.1, 0.15) is 20.3 Å². The number of allylic oxidation sites excluding steroid dienone is 3. The van der Waals surface area contributed by atoms with Gasteiger partial charge in [-0.05, 0) is 42.3 Å². The van der Waals surface area contributed by atoms with E-state index in [1.807, 2.05) is 37.3 Å². The minimum atomic E-state index is -0.640. The minimum Gasteiger partial charge on any atom is -0.462 e. The van der Waals surface area contributed by atoms with E-state index in [1.165, 1.54) is 5.57 Å². The van der Waals surface area contributed by atoms with Gasteiger partial charge in [0.2, 0.25) is 5.79 Å². The van der Waals surface area contributed by atoms with Crippen LogP contribution in [0.15, 0.2) is 59.6 Å². The van der Waals surface area contributed by atoms with Gasteiger partial charge in [0, 0.05) is 31.7 Å². The molecule has 0 saturated heterocycles. The first-order valence-corrected chi connectivity index (χ1v) is 7.40. The molecule has 0 radical (unpaired) electrons. The Bertz CT molecular complexity index is 657. The van der Waals surface area contributed by atoms with Gasteiger partial charge in [-0.15, -0.1) is 0 Å². The van der Waals surface area contributed by atoms with Crippen LogP contribution in [0.4, 0.5) is 5.69 Å². The molecule has 0 amide bonds. The first kappa shape index (κ1) is 14.7. The third kappa shape index (κ3) is 2.74. The topological polar surface area (TPSA) is 53.7 Å². The van der Waals surface area contributed by atoms with Crippen LogP contribution >= 0.6 is 0 Å². The van der Waals surface area contributed by atoms with Crippen molar-refractivity contribution >= 4 is 5.69 Å². The van der Waals surface area contributed by atoms with Crippen molar-refractivity contribution in [2.45, 2.75) is 26.1 Å². The van der Waals surface area contributed by atoms with Crippen molar-refractivity contribution in [3.8, 4) is 5.75 Å². The minimum absolute atomic E-state index is 0.192. The average Bonchev–Trinajstić information content (AvgIpc) is 2.51. The number of hydrogen-bond donors (Lipinski definition) is 1. The van der Waals surface area contributed by atoms with Crippen molar-refractivity contribution in [2.24, 2.45) is 5.92 Å². The highest BCUT2D eigenvalue weighted by Gasteiger charge is 2.38. The average molecular weight is 299 g/mol. The molecule has 0 spiro atoms. The van der Waals surface area contributed by atoms with E-state index in [-0.39, 0.29) is 5.92 Å². The number of nitrogens with two attached hydrogens (primary N) is 1. The van der Waals surface area contributed by atoms with Crippen LogP contribution in [-0.4, -0.2) is 12.9 Å². The highest BCUT2D eigenvalue weighted by atomic mass is 16.7. The van der Waals surface area contributed by atoms with Crippen molar-refractivity contribution in [3.05, 3.63) is 59.6 Å². The Morgan fingerprint density at radius 1 is 1.27 bits per heavy atom. The summed E-state index contributed by atoms with van der Waals surface area (Å²) in [5.74, 6) is 1.89. The molecule has 2 unspecified atom stereocenters. The molecule has 3 rings (SSSR count). The van der Waals surface area contributed by atoms with Gasteiger partial charge in [-0.2, -0.15) is 0 Å². The third-order valence-corrected chi connectivity index (χ3v) is 4.23. The Labute approximate surface area is 130 Å². The molecule has 4 heteroatoms. The zero-order valence-corrected chi connectivity index (χ0v) is 13.1. The van der Waals surface area contributed by atoms with Gasteiger partial charge in [0.15, 0.2) is 0 Å². The van der Waals surface area contributed by atoms with E-state index in [1.54, 1.807) is 7.11 Å². The Morgan fingerprint density at radius 2 is 2.00 bits per heavy atom. The van der Waals surface area contributed by atoms with Crippen LogP contribution in [-0.2, 0) is 9.47 Å². The Morgan fingerprint density at radius 3 is 2.68 bits per heavy atom. The van der Waals surface area contributed by atoms with E-state index in [4.69, 9.17) is 19.9 Å². The van der Waals surface area contributed by atoms with E-state index in [0.717, 1.165) is 23.7 Å². The van der Waals surface area contributed by atoms with E-state index in [2.05, 4.69) is 19.1 Å². The summed E-state index contributed by atoms with van der Waals surface area (Å²) in [6.07, 6.45) is 6.96. The summed E-state index contributed by atoms with van der Waals surface area (Å²) in [6.45, 7) is 4.04. The summed E-state index contributed by atoms with van der Waals surface area (Å²) in [7, 11) is 1.67. The largest absolute Gasteiger partial charge is 0.462 e. The summed E-state index contributed by atoms with van der Waals surface area (Å²) in [5, 5.41) is 0. The second-order valence-corrected chi connectivity index (χ2v) is 5.79. The fourth-order valence-electron chi connectivity index (χ4n) is 2.57. The van der Waals surface area contributed by atoms with Crippen molar-refractivity contribution in [1.82, 2.24) is 0 Å². The molecule has 1 heterocycles. The van der Waals surface area contributed by atoms with Crippen LogP contribution in [0.5, 0.6) is 5.75 Å².